The van der Waals surface area contributed by atoms with Crippen molar-refractivity contribution in [3.63, 3.8) is 0 Å². The van der Waals surface area contributed by atoms with E-state index in [-0.39, 0.29) is 18.9 Å². The molecule has 1 aliphatic rings. The number of ether oxygens (including phenoxy) is 2. The Kier molecular flexibility index (Phi) is 8.34. The average molecular weight is 568 g/mol. The molecule has 3 aromatic rings. The van der Waals surface area contributed by atoms with Crippen molar-refractivity contribution in [2.75, 3.05) is 13.7 Å². The van der Waals surface area contributed by atoms with Gasteiger partial charge in [-0.2, -0.15) is 0 Å². The number of nitrogens with zero attached hydrogens (tertiary/aromatic N) is 3. The van der Waals surface area contributed by atoms with E-state index in [0.29, 0.717) is 17.1 Å². The third kappa shape index (κ3) is 6.70. The van der Waals surface area contributed by atoms with Crippen molar-refractivity contribution in [1.29, 1.82) is 0 Å². The van der Waals surface area contributed by atoms with Gasteiger partial charge in [-0.1, -0.05) is 26.8 Å². The van der Waals surface area contributed by atoms with Crippen LogP contribution in [0.2, 0.25) is 0 Å². The number of likely N-dealkylation sites (tertiary alicyclic amines) is 1. The molecule has 0 aromatic carbocycles. The number of thiophene rings is 1. The summed E-state index contributed by atoms with van der Waals surface area (Å²) in [6.07, 6.45) is 1.47. The smallest absolute Gasteiger partial charge is 0.328 e. The Labute approximate surface area is 238 Å². The Bertz CT molecular complexity index is 1380. The van der Waals surface area contributed by atoms with E-state index >= 15 is 0 Å². The molecule has 4 rings (SSSR count). The van der Waals surface area contributed by atoms with Crippen LogP contribution in [-0.4, -0.2) is 70.2 Å². The minimum Gasteiger partial charge on any atom is -0.487 e. The number of urea groups is 1. The molecule has 1 aliphatic heterocycles. The minimum absolute atomic E-state index is 0.155. The van der Waals surface area contributed by atoms with Gasteiger partial charge in [-0.3, -0.25) is 9.78 Å². The lowest BCUT2D eigenvalue weighted by Crippen LogP contribution is -2.60. The molecule has 2 N–H and O–H groups in total. The molecule has 0 bridgehead atoms. The van der Waals surface area contributed by atoms with E-state index in [0.717, 1.165) is 10.2 Å². The fraction of sp³-hybridized carbons (Fsp3) is 0.483. The standard InChI is InChI=1S/C29H37N5O5S/c1-28(2,3)24(32-27(37)33-29(4,5)6)25(35)34-16-17(14-21(34)26(36)38-7)39-22-15-20(18-10-8-9-12-30-18)31-19-11-13-40-23(19)22/h8-13,15,17,21,24H,14,16H2,1-7H3,(H2,32,33,37)/t17-,21+,24-/m1/s1. The quantitative estimate of drug-likeness (QED) is 0.424. The SMILES string of the molecule is COC(=O)[C@@H]1C[C@@H](Oc2cc(-c3ccccn3)nc3ccsc23)CN1C(=O)[C@@H](NC(=O)NC(C)(C)C)C(C)(C)C. The Morgan fingerprint density at radius 1 is 1.10 bits per heavy atom. The van der Waals surface area contributed by atoms with Gasteiger partial charge in [-0.05, 0) is 49.8 Å². The number of methoxy groups -OCH3 is 1. The molecular formula is C29H37N5O5S. The number of pyridine rings is 2. The van der Waals surface area contributed by atoms with Crippen molar-refractivity contribution >= 4 is 39.5 Å². The van der Waals surface area contributed by atoms with Crippen LogP contribution < -0.4 is 15.4 Å². The molecule has 11 heteroatoms. The van der Waals surface area contributed by atoms with Crippen molar-refractivity contribution < 1.29 is 23.9 Å². The van der Waals surface area contributed by atoms with Gasteiger partial charge in [0.25, 0.3) is 0 Å². The van der Waals surface area contributed by atoms with Crippen LogP contribution in [-0.2, 0) is 14.3 Å². The first-order valence-corrected chi connectivity index (χ1v) is 14.1. The van der Waals surface area contributed by atoms with Crippen LogP contribution in [0.4, 0.5) is 4.79 Å². The zero-order valence-corrected chi connectivity index (χ0v) is 24.8. The molecule has 3 atom stereocenters. The normalized spacial score (nSPS) is 18.3. The highest BCUT2D eigenvalue weighted by Crippen LogP contribution is 2.36. The number of nitrogens with one attached hydrogen (secondary N) is 2. The minimum atomic E-state index is -0.888. The van der Waals surface area contributed by atoms with E-state index in [1.54, 1.807) is 6.20 Å². The second kappa shape index (κ2) is 11.4. The molecule has 0 saturated carbocycles. The fourth-order valence-electron chi connectivity index (χ4n) is 4.65. The summed E-state index contributed by atoms with van der Waals surface area (Å²) in [7, 11) is 1.30. The Morgan fingerprint density at radius 3 is 2.48 bits per heavy atom. The molecule has 40 heavy (non-hydrogen) atoms. The van der Waals surface area contributed by atoms with Crippen LogP contribution in [0.1, 0.15) is 48.0 Å². The van der Waals surface area contributed by atoms with Crippen molar-refractivity contribution in [3.8, 4) is 17.1 Å². The van der Waals surface area contributed by atoms with Crippen LogP contribution in [0.5, 0.6) is 5.75 Å². The molecule has 0 radical (unpaired) electrons. The molecule has 0 spiro atoms. The summed E-state index contributed by atoms with van der Waals surface area (Å²) < 4.78 is 12.4. The first-order chi connectivity index (χ1) is 18.8. The van der Waals surface area contributed by atoms with Gasteiger partial charge < -0.3 is 25.0 Å². The monoisotopic (exact) mass is 567 g/mol. The second-order valence-electron chi connectivity index (χ2n) is 12.0. The van der Waals surface area contributed by atoms with E-state index in [1.807, 2.05) is 77.3 Å². The summed E-state index contributed by atoms with van der Waals surface area (Å²) >= 11 is 1.50. The maximum Gasteiger partial charge on any atom is 0.328 e. The fourth-order valence-corrected chi connectivity index (χ4v) is 5.44. The summed E-state index contributed by atoms with van der Waals surface area (Å²) in [6.45, 7) is 11.3. The number of aromatic nitrogens is 2. The largest absolute Gasteiger partial charge is 0.487 e. The predicted molar refractivity (Wildman–Crippen MR) is 154 cm³/mol. The van der Waals surface area contributed by atoms with Crippen LogP contribution in [0, 0.1) is 5.41 Å². The number of fused-ring (bicyclic) bond motifs is 1. The van der Waals surface area contributed by atoms with Gasteiger partial charge in [0.1, 0.15) is 23.9 Å². The van der Waals surface area contributed by atoms with Crippen LogP contribution in [0.25, 0.3) is 21.6 Å². The molecule has 214 valence electrons. The number of rotatable bonds is 6. The lowest BCUT2D eigenvalue weighted by atomic mass is 9.85. The zero-order valence-electron chi connectivity index (χ0n) is 24.0. The van der Waals surface area contributed by atoms with Gasteiger partial charge in [-0.25, -0.2) is 14.6 Å². The first kappa shape index (κ1) is 29.3. The summed E-state index contributed by atoms with van der Waals surface area (Å²) in [6, 6.07) is 7.18. The van der Waals surface area contributed by atoms with Crippen molar-refractivity contribution in [2.24, 2.45) is 5.41 Å². The van der Waals surface area contributed by atoms with E-state index in [1.165, 1.54) is 23.3 Å². The second-order valence-corrected chi connectivity index (χ2v) is 12.9. The van der Waals surface area contributed by atoms with E-state index < -0.39 is 41.1 Å². The summed E-state index contributed by atoms with van der Waals surface area (Å²) in [5, 5.41) is 7.61. The molecule has 1 saturated heterocycles. The molecule has 4 heterocycles. The number of carbonyl (C=O) groups excluding carboxylic acids is 3. The lowest BCUT2D eigenvalue weighted by Gasteiger charge is -2.35. The van der Waals surface area contributed by atoms with Gasteiger partial charge in [0, 0.05) is 24.2 Å². The summed E-state index contributed by atoms with van der Waals surface area (Å²) in [5.74, 6) is -0.293. The van der Waals surface area contributed by atoms with Crippen molar-refractivity contribution in [1.82, 2.24) is 25.5 Å². The molecule has 3 aromatic heterocycles. The number of hydrogen-bond donors (Lipinski definition) is 2. The molecule has 0 unspecified atom stereocenters. The highest BCUT2D eigenvalue weighted by Gasteiger charge is 2.46. The van der Waals surface area contributed by atoms with Crippen LogP contribution in [0.15, 0.2) is 41.9 Å². The molecular weight excluding hydrogens is 530 g/mol. The molecule has 1 fully saturated rings. The maximum absolute atomic E-state index is 13.9. The Hall–Kier alpha value is -3.73. The Morgan fingerprint density at radius 2 is 1.85 bits per heavy atom. The van der Waals surface area contributed by atoms with Crippen molar-refractivity contribution in [3.05, 3.63) is 41.9 Å². The van der Waals surface area contributed by atoms with Crippen molar-refractivity contribution in [2.45, 2.75) is 71.7 Å². The summed E-state index contributed by atoms with van der Waals surface area (Å²) in [5.41, 5.74) is 1.04. The molecule has 10 nitrogen and oxygen atoms in total. The van der Waals surface area contributed by atoms with Gasteiger partial charge in [0.05, 0.1) is 35.3 Å². The maximum atomic E-state index is 13.9. The van der Waals surface area contributed by atoms with E-state index in [2.05, 4.69) is 15.6 Å². The van der Waals surface area contributed by atoms with E-state index in [9.17, 15) is 14.4 Å². The molecule has 0 aliphatic carbocycles. The predicted octanol–water partition coefficient (Wildman–Crippen LogP) is 4.39. The van der Waals surface area contributed by atoms with Crippen LogP contribution in [0.3, 0.4) is 0 Å². The van der Waals surface area contributed by atoms with Gasteiger partial charge in [0.2, 0.25) is 5.91 Å². The lowest BCUT2D eigenvalue weighted by molar-refractivity contribution is -0.152. The highest BCUT2D eigenvalue weighted by atomic mass is 32.1. The third-order valence-electron chi connectivity index (χ3n) is 6.49. The van der Waals surface area contributed by atoms with Crippen LogP contribution >= 0.6 is 11.3 Å². The number of hydrogen-bond acceptors (Lipinski definition) is 8. The van der Waals surface area contributed by atoms with Gasteiger partial charge >= 0.3 is 12.0 Å². The zero-order chi connectivity index (χ0) is 29.2. The summed E-state index contributed by atoms with van der Waals surface area (Å²) in [4.78, 5) is 50.1. The van der Waals surface area contributed by atoms with Gasteiger partial charge in [-0.15, -0.1) is 11.3 Å². The number of esters is 1. The molecule has 3 amide bonds. The first-order valence-electron chi connectivity index (χ1n) is 13.2. The highest BCUT2D eigenvalue weighted by molar-refractivity contribution is 7.17. The topological polar surface area (TPSA) is 123 Å². The average Bonchev–Trinajstić information content (AvgIpc) is 3.53. The Balaban J connectivity index is 1.61. The third-order valence-corrected chi connectivity index (χ3v) is 7.41. The number of carbonyl (C=O) groups is 3. The van der Waals surface area contributed by atoms with E-state index in [4.69, 9.17) is 14.5 Å². The van der Waals surface area contributed by atoms with Gasteiger partial charge in [0.15, 0.2) is 0 Å². The number of amides is 3.